The van der Waals surface area contributed by atoms with Crippen LogP contribution >= 0.6 is 0 Å². The van der Waals surface area contributed by atoms with E-state index in [0.29, 0.717) is 30.8 Å². The van der Waals surface area contributed by atoms with Gasteiger partial charge >= 0.3 is 0 Å². The van der Waals surface area contributed by atoms with Crippen molar-refractivity contribution in [1.82, 2.24) is 0 Å². The Balaban J connectivity index is 2.43. The quantitative estimate of drug-likeness (QED) is 0.496. The van der Waals surface area contributed by atoms with Gasteiger partial charge in [-0.2, -0.15) is 0 Å². The largest absolute Gasteiger partial charge is 0.381 e. The summed E-state index contributed by atoms with van der Waals surface area (Å²) in [5.74, 6) is -0.0481. The van der Waals surface area contributed by atoms with Crippen LogP contribution in [0.1, 0.15) is 33.1 Å². The Labute approximate surface area is 84.1 Å². The van der Waals surface area contributed by atoms with Gasteiger partial charge in [-0.15, -0.1) is 0 Å². The standard InChI is InChI=1S/C11H16O3/c1-3-5-14-6-4-9-8(2)10(12)7-11(9)13/h3-7H2,1-2H3. The fraction of sp³-hybridized carbons (Fsp3) is 0.636. The normalized spacial score (nSPS) is 17.0. The van der Waals surface area contributed by atoms with Crippen molar-refractivity contribution in [2.45, 2.75) is 33.1 Å². The third kappa shape index (κ3) is 2.51. The molecular weight excluding hydrogens is 180 g/mol. The molecule has 0 saturated heterocycles. The number of allylic oxidation sites excluding steroid dienone is 1. The molecule has 1 aliphatic carbocycles. The average Bonchev–Trinajstić information content (AvgIpc) is 2.38. The topological polar surface area (TPSA) is 43.4 Å². The van der Waals surface area contributed by atoms with E-state index in [9.17, 15) is 9.59 Å². The number of carbonyl (C=O) groups is 2. The van der Waals surface area contributed by atoms with Crippen molar-refractivity contribution < 1.29 is 14.3 Å². The molecule has 0 aromatic carbocycles. The maximum atomic E-state index is 11.3. The predicted molar refractivity (Wildman–Crippen MR) is 53.1 cm³/mol. The van der Waals surface area contributed by atoms with Crippen LogP contribution in [0, 0.1) is 0 Å². The molecule has 3 nitrogen and oxygen atoms in total. The van der Waals surface area contributed by atoms with Crippen molar-refractivity contribution in [2.75, 3.05) is 13.2 Å². The molecule has 0 unspecified atom stereocenters. The Hall–Kier alpha value is -0.960. The molecule has 0 aromatic heterocycles. The van der Waals surface area contributed by atoms with Gasteiger partial charge in [0.1, 0.15) is 0 Å². The van der Waals surface area contributed by atoms with Gasteiger partial charge in [-0.3, -0.25) is 9.59 Å². The average molecular weight is 196 g/mol. The maximum Gasteiger partial charge on any atom is 0.167 e. The number of carbonyl (C=O) groups excluding carboxylic acids is 2. The summed E-state index contributed by atoms with van der Waals surface area (Å²) in [6, 6.07) is 0. The first kappa shape index (κ1) is 11.1. The third-order valence-electron chi connectivity index (χ3n) is 2.37. The predicted octanol–water partition coefficient (Wildman–Crippen LogP) is 1.66. The van der Waals surface area contributed by atoms with Gasteiger partial charge in [-0.25, -0.2) is 0 Å². The van der Waals surface area contributed by atoms with Gasteiger partial charge in [-0.1, -0.05) is 6.92 Å². The smallest absolute Gasteiger partial charge is 0.167 e. The van der Waals surface area contributed by atoms with Gasteiger partial charge in [0.15, 0.2) is 11.6 Å². The van der Waals surface area contributed by atoms with Crippen LogP contribution in [0.25, 0.3) is 0 Å². The summed E-state index contributed by atoms with van der Waals surface area (Å²) < 4.78 is 5.28. The molecule has 78 valence electrons. The zero-order chi connectivity index (χ0) is 10.6. The Bertz CT molecular complexity index is 276. The van der Waals surface area contributed by atoms with Gasteiger partial charge in [0.05, 0.1) is 13.0 Å². The van der Waals surface area contributed by atoms with Gasteiger partial charge in [-0.05, 0) is 25.3 Å². The SMILES string of the molecule is CCCOCCC1=C(C)C(=O)CC1=O. The molecule has 0 radical (unpaired) electrons. The summed E-state index contributed by atoms with van der Waals surface area (Å²) >= 11 is 0. The van der Waals surface area contributed by atoms with Crippen molar-refractivity contribution >= 4 is 11.6 Å². The molecule has 0 amide bonds. The molecule has 0 atom stereocenters. The van der Waals surface area contributed by atoms with Crippen LogP contribution in [0.15, 0.2) is 11.1 Å². The van der Waals surface area contributed by atoms with Crippen LogP contribution in [0.5, 0.6) is 0 Å². The second-order valence-electron chi connectivity index (χ2n) is 3.49. The van der Waals surface area contributed by atoms with E-state index in [1.807, 2.05) is 6.92 Å². The summed E-state index contributed by atoms with van der Waals surface area (Å²) in [6.45, 7) is 5.02. The lowest BCUT2D eigenvalue weighted by Crippen LogP contribution is -2.02. The van der Waals surface area contributed by atoms with Crippen LogP contribution in [-0.4, -0.2) is 24.8 Å². The fourth-order valence-electron chi connectivity index (χ4n) is 1.51. The second-order valence-corrected chi connectivity index (χ2v) is 3.49. The second kappa shape index (κ2) is 5.05. The zero-order valence-corrected chi connectivity index (χ0v) is 8.76. The molecule has 0 spiro atoms. The molecule has 0 saturated carbocycles. The summed E-state index contributed by atoms with van der Waals surface area (Å²) in [6.07, 6.45) is 1.62. The maximum absolute atomic E-state index is 11.3. The molecule has 3 heteroatoms. The van der Waals surface area contributed by atoms with Gasteiger partial charge in [0, 0.05) is 12.2 Å². The Morgan fingerprint density at radius 3 is 2.43 bits per heavy atom. The highest BCUT2D eigenvalue weighted by molar-refractivity contribution is 6.21. The minimum atomic E-state index is -0.0273. The monoisotopic (exact) mass is 196 g/mol. The third-order valence-corrected chi connectivity index (χ3v) is 2.37. The summed E-state index contributed by atoms with van der Waals surface area (Å²) in [5.41, 5.74) is 1.31. The van der Waals surface area contributed by atoms with Crippen LogP contribution in [0.3, 0.4) is 0 Å². The van der Waals surface area contributed by atoms with E-state index >= 15 is 0 Å². The molecular formula is C11H16O3. The minimum absolute atomic E-state index is 0.0207. The summed E-state index contributed by atoms with van der Waals surface area (Å²) in [5, 5.41) is 0. The van der Waals surface area contributed by atoms with Crippen LogP contribution in [0.4, 0.5) is 0 Å². The minimum Gasteiger partial charge on any atom is -0.381 e. The first-order chi connectivity index (χ1) is 6.66. The molecule has 1 rings (SSSR count). The Kier molecular flexibility index (Phi) is 4.01. The highest BCUT2D eigenvalue weighted by Gasteiger charge is 2.26. The van der Waals surface area contributed by atoms with E-state index in [4.69, 9.17) is 4.74 Å². The van der Waals surface area contributed by atoms with E-state index in [1.165, 1.54) is 0 Å². The first-order valence-electron chi connectivity index (χ1n) is 5.00. The summed E-state index contributed by atoms with van der Waals surface area (Å²) in [7, 11) is 0. The van der Waals surface area contributed by atoms with Crippen LogP contribution < -0.4 is 0 Å². The van der Waals surface area contributed by atoms with E-state index in [-0.39, 0.29) is 18.0 Å². The van der Waals surface area contributed by atoms with Crippen molar-refractivity contribution in [3.05, 3.63) is 11.1 Å². The molecule has 0 aromatic rings. The molecule has 0 fully saturated rings. The van der Waals surface area contributed by atoms with E-state index in [2.05, 4.69) is 0 Å². The fourth-order valence-corrected chi connectivity index (χ4v) is 1.51. The lowest BCUT2D eigenvalue weighted by Gasteiger charge is -2.02. The number of Topliss-reactive ketones (excluding diaryl/α,β-unsaturated/α-hetero) is 2. The molecule has 14 heavy (non-hydrogen) atoms. The molecule has 0 heterocycles. The van der Waals surface area contributed by atoms with Crippen LogP contribution in [0.2, 0.25) is 0 Å². The zero-order valence-electron chi connectivity index (χ0n) is 8.76. The number of hydrogen-bond acceptors (Lipinski definition) is 3. The lowest BCUT2D eigenvalue weighted by atomic mass is 10.1. The van der Waals surface area contributed by atoms with Crippen molar-refractivity contribution in [3.63, 3.8) is 0 Å². The number of rotatable bonds is 5. The van der Waals surface area contributed by atoms with E-state index in [1.54, 1.807) is 6.92 Å². The highest BCUT2D eigenvalue weighted by atomic mass is 16.5. The van der Waals surface area contributed by atoms with Crippen molar-refractivity contribution in [2.24, 2.45) is 0 Å². The number of hydrogen-bond donors (Lipinski definition) is 0. The van der Waals surface area contributed by atoms with Gasteiger partial charge in [0.25, 0.3) is 0 Å². The highest BCUT2D eigenvalue weighted by Crippen LogP contribution is 2.21. The van der Waals surface area contributed by atoms with Gasteiger partial charge in [0.2, 0.25) is 0 Å². The molecule has 0 bridgehead atoms. The van der Waals surface area contributed by atoms with E-state index in [0.717, 1.165) is 6.42 Å². The van der Waals surface area contributed by atoms with E-state index < -0.39 is 0 Å². The number of ether oxygens (including phenoxy) is 1. The Morgan fingerprint density at radius 1 is 1.21 bits per heavy atom. The summed E-state index contributed by atoms with van der Waals surface area (Å²) in [4.78, 5) is 22.5. The first-order valence-corrected chi connectivity index (χ1v) is 5.00. The van der Waals surface area contributed by atoms with Gasteiger partial charge < -0.3 is 4.74 Å². The molecule has 0 N–H and O–H groups in total. The van der Waals surface area contributed by atoms with Crippen molar-refractivity contribution in [3.8, 4) is 0 Å². The lowest BCUT2D eigenvalue weighted by molar-refractivity contribution is -0.121. The Morgan fingerprint density at radius 2 is 1.93 bits per heavy atom. The number of ketones is 2. The van der Waals surface area contributed by atoms with Crippen LogP contribution in [-0.2, 0) is 14.3 Å². The molecule has 1 aliphatic rings. The molecule has 0 aliphatic heterocycles. The van der Waals surface area contributed by atoms with Crippen molar-refractivity contribution in [1.29, 1.82) is 0 Å².